The van der Waals surface area contributed by atoms with Gasteiger partial charge >= 0.3 is 5.69 Å². The van der Waals surface area contributed by atoms with E-state index in [-0.39, 0.29) is 11.6 Å². The molecule has 0 fully saturated rings. The summed E-state index contributed by atoms with van der Waals surface area (Å²) in [7, 11) is 0. The van der Waals surface area contributed by atoms with Gasteiger partial charge in [0.2, 0.25) is 0 Å². The van der Waals surface area contributed by atoms with Crippen LogP contribution in [0.15, 0.2) is 64.2 Å². The zero-order valence-electron chi connectivity index (χ0n) is 15.5. The Balaban J connectivity index is 1.74. The van der Waals surface area contributed by atoms with Gasteiger partial charge in [-0.3, -0.25) is 9.78 Å². The maximum absolute atomic E-state index is 12.5. The number of hydrogen-bond acceptors (Lipinski definition) is 3. The number of anilines is 1. The summed E-state index contributed by atoms with van der Waals surface area (Å²) >= 11 is 0. The summed E-state index contributed by atoms with van der Waals surface area (Å²) in [6.45, 7) is 5.35. The van der Waals surface area contributed by atoms with Crippen molar-refractivity contribution in [2.24, 2.45) is 0 Å². The quantitative estimate of drug-likeness (QED) is 0.658. The molecule has 2 atom stereocenters. The summed E-state index contributed by atoms with van der Waals surface area (Å²) in [4.78, 5) is 28.7. The Morgan fingerprint density at radius 2 is 1.74 bits per heavy atom. The van der Waals surface area contributed by atoms with E-state index in [4.69, 9.17) is 0 Å². The predicted octanol–water partition coefficient (Wildman–Crippen LogP) is 1.36. The van der Waals surface area contributed by atoms with E-state index in [2.05, 4.69) is 29.4 Å². The summed E-state index contributed by atoms with van der Waals surface area (Å²) in [5.74, 6) is 0.594. The Labute approximate surface area is 157 Å². The van der Waals surface area contributed by atoms with Crippen molar-refractivity contribution >= 4 is 5.82 Å². The average molecular weight is 363 g/mol. The molecule has 4 rings (SSSR count). The second-order valence-corrected chi connectivity index (χ2v) is 7.08. The number of H-pyrrole nitrogens is 1. The summed E-state index contributed by atoms with van der Waals surface area (Å²) in [5.41, 5.74) is 2.95. The van der Waals surface area contributed by atoms with Gasteiger partial charge in [-0.2, -0.15) is 0 Å². The van der Waals surface area contributed by atoms with Gasteiger partial charge in [0.05, 0.1) is 5.69 Å². The highest BCUT2D eigenvalue weighted by Gasteiger charge is 2.29. The van der Waals surface area contributed by atoms with E-state index in [1.165, 1.54) is 10.5 Å². The van der Waals surface area contributed by atoms with Crippen molar-refractivity contribution in [1.82, 2.24) is 9.55 Å². The van der Waals surface area contributed by atoms with Gasteiger partial charge in [-0.1, -0.05) is 48.0 Å². The van der Waals surface area contributed by atoms with Gasteiger partial charge in [0.15, 0.2) is 6.67 Å². The maximum atomic E-state index is 12.5. The molecule has 0 bridgehead atoms. The summed E-state index contributed by atoms with van der Waals surface area (Å²) in [6, 6.07) is 18.2. The van der Waals surface area contributed by atoms with Crippen molar-refractivity contribution in [2.45, 2.75) is 26.4 Å². The Morgan fingerprint density at radius 1 is 1.04 bits per heavy atom. The third kappa shape index (κ3) is 3.19. The van der Waals surface area contributed by atoms with Gasteiger partial charge in [-0.05, 0) is 26.0 Å². The van der Waals surface area contributed by atoms with Crippen LogP contribution < -0.4 is 21.5 Å². The van der Waals surface area contributed by atoms with E-state index < -0.39 is 5.69 Å². The zero-order valence-corrected chi connectivity index (χ0v) is 15.5. The first-order valence-corrected chi connectivity index (χ1v) is 9.13. The van der Waals surface area contributed by atoms with Crippen LogP contribution in [0.4, 0.5) is 5.82 Å². The number of quaternary nitrogens is 1. The molecule has 0 aliphatic carbocycles. The lowest BCUT2D eigenvalue weighted by molar-refractivity contribution is -0.941. The number of aromatic nitrogens is 2. The van der Waals surface area contributed by atoms with Crippen molar-refractivity contribution in [3.8, 4) is 5.69 Å². The van der Waals surface area contributed by atoms with E-state index in [1.54, 1.807) is 4.57 Å². The molecule has 1 unspecified atom stereocenters. The Hall–Kier alpha value is -3.12. The number of nitrogens with zero attached hydrogens (tertiary/aromatic N) is 1. The van der Waals surface area contributed by atoms with Gasteiger partial charge in [0.25, 0.3) is 5.56 Å². The van der Waals surface area contributed by atoms with Crippen molar-refractivity contribution in [2.75, 3.05) is 12.0 Å². The molecule has 138 valence electrons. The second kappa shape index (κ2) is 6.89. The van der Waals surface area contributed by atoms with Gasteiger partial charge in [-0.15, -0.1) is 0 Å². The maximum Gasteiger partial charge on any atom is 0.334 e. The molecule has 1 aromatic heterocycles. The molecule has 3 aromatic rings. The third-order valence-electron chi connectivity index (χ3n) is 5.30. The molecule has 3 N–H and O–H groups in total. The van der Waals surface area contributed by atoms with Crippen LogP contribution in [0.3, 0.4) is 0 Å². The first-order valence-electron chi connectivity index (χ1n) is 9.13. The number of hydrogen-bond donors (Lipinski definition) is 3. The highest BCUT2D eigenvalue weighted by Crippen LogP contribution is 2.18. The fraction of sp³-hybridized carbons (Fsp3) is 0.238. The monoisotopic (exact) mass is 363 g/mol. The molecular weight excluding hydrogens is 340 g/mol. The van der Waals surface area contributed by atoms with Gasteiger partial charge in [0, 0.05) is 5.56 Å². The van der Waals surface area contributed by atoms with E-state index in [0.29, 0.717) is 24.6 Å². The Bertz CT molecular complexity index is 1070. The van der Waals surface area contributed by atoms with Crippen LogP contribution in [0.25, 0.3) is 5.69 Å². The van der Waals surface area contributed by atoms with E-state index in [0.717, 1.165) is 11.3 Å². The lowest BCUT2D eigenvalue weighted by atomic mass is 10.1. The van der Waals surface area contributed by atoms with Crippen molar-refractivity contribution in [1.29, 1.82) is 0 Å². The molecule has 0 saturated heterocycles. The van der Waals surface area contributed by atoms with Crippen molar-refractivity contribution in [3.05, 3.63) is 92.1 Å². The lowest BCUT2D eigenvalue weighted by Gasteiger charge is -2.32. The number of fused-ring (bicyclic) bond motifs is 1. The molecule has 6 nitrogen and oxygen atoms in total. The molecule has 2 aromatic carbocycles. The van der Waals surface area contributed by atoms with Gasteiger partial charge in [-0.25, -0.2) is 9.36 Å². The first kappa shape index (κ1) is 17.3. The van der Waals surface area contributed by atoms with Crippen LogP contribution in [0.1, 0.15) is 29.7 Å². The van der Waals surface area contributed by atoms with Gasteiger partial charge < -0.3 is 10.2 Å². The van der Waals surface area contributed by atoms with Crippen LogP contribution in [-0.2, 0) is 6.54 Å². The van der Waals surface area contributed by atoms with Crippen LogP contribution in [0.5, 0.6) is 0 Å². The molecule has 6 heteroatoms. The van der Waals surface area contributed by atoms with Crippen LogP contribution >= 0.6 is 0 Å². The Morgan fingerprint density at radius 3 is 2.44 bits per heavy atom. The molecule has 0 radical (unpaired) electrons. The molecular formula is C21H23N4O2+. The molecule has 1 aliphatic rings. The number of aromatic amines is 1. The number of rotatable bonds is 3. The highest BCUT2D eigenvalue weighted by atomic mass is 16.2. The fourth-order valence-corrected chi connectivity index (χ4v) is 3.63. The Kier molecular flexibility index (Phi) is 4.41. The largest absolute Gasteiger partial charge is 0.334 e. The lowest BCUT2D eigenvalue weighted by Crippen LogP contribution is -3.12. The van der Waals surface area contributed by atoms with Crippen LogP contribution in [0, 0.1) is 6.92 Å². The molecule has 0 amide bonds. The predicted molar refractivity (Wildman–Crippen MR) is 105 cm³/mol. The van der Waals surface area contributed by atoms with Crippen molar-refractivity contribution in [3.63, 3.8) is 0 Å². The standard InChI is InChI=1S/C21H22N4O2/c1-14-8-10-17(11-9-14)25-19-18(20(26)23-21(25)27)12-24(13-22-19)15(2)16-6-4-3-5-7-16/h3-11,15,22H,12-13H2,1-2H3,(H,23,26,27)/p+1/t15-/m1/s1. The highest BCUT2D eigenvalue weighted by molar-refractivity contribution is 5.51. The minimum atomic E-state index is -0.422. The molecule has 0 saturated carbocycles. The van der Waals surface area contributed by atoms with E-state index >= 15 is 0 Å². The van der Waals surface area contributed by atoms with E-state index in [9.17, 15) is 9.59 Å². The SMILES string of the molecule is Cc1ccc(-n2c3c(c(=O)[nH]c2=O)C[NH+]([C@H](C)c2ccccc2)CN3)cc1. The third-order valence-corrected chi connectivity index (χ3v) is 5.30. The zero-order chi connectivity index (χ0) is 19.0. The fourth-order valence-electron chi connectivity index (χ4n) is 3.63. The number of benzene rings is 2. The summed E-state index contributed by atoms with van der Waals surface area (Å²) in [6.07, 6.45) is 0. The minimum absolute atomic E-state index is 0.228. The second-order valence-electron chi connectivity index (χ2n) is 7.08. The topological polar surface area (TPSA) is 71.3 Å². The minimum Gasteiger partial charge on any atom is -0.324 e. The smallest absolute Gasteiger partial charge is 0.324 e. The first-order chi connectivity index (χ1) is 13.0. The number of aryl methyl sites for hydroxylation is 1. The van der Waals surface area contributed by atoms with Gasteiger partial charge in [0.1, 0.15) is 24.0 Å². The van der Waals surface area contributed by atoms with Crippen LogP contribution in [-0.4, -0.2) is 16.2 Å². The molecule has 0 spiro atoms. The summed E-state index contributed by atoms with van der Waals surface area (Å²) in [5, 5.41) is 3.33. The molecule has 1 aliphatic heterocycles. The average Bonchev–Trinajstić information content (AvgIpc) is 2.69. The van der Waals surface area contributed by atoms with Crippen LogP contribution in [0.2, 0.25) is 0 Å². The normalized spacial score (nSPS) is 17.0. The summed E-state index contributed by atoms with van der Waals surface area (Å²) < 4.78 is 1.56. The molecule has 27 heavy (non-hydrogen) atoms. The molecule has 2 heterocycles. The van der Waals surface area contributed by atoms with E-state index in [1.807, 2.05) is 49.4 Å². The van der Waals surface area contributed by atoms with Crippen molar-refractivity contribution < 1.29 is 4.90 Å². The number of nitrogens with one attached hydrogen (secondary N) is 3.